The maximum Gasteiger partial charge on any atom is 0.307 e. The molecule has 2 nitrogen and oxygen atoms in total. The first-order chi connectivity index (χ1) is 5.64. The molecule has 2 aliphatic rings. The van der Waals surface area contributed by atoms with Gasteiger partial charge in [-0.1, -0.05) is 19.8 Å². The molecule has 2 aliphatic carbocycles. The Hall–Kier alpha value is -0.530. The van der Waals surface area contributed by atoms with Gasteiger partial charge in [0, 0.05) is 0 Å². The predicted molar refractivity (Wildman–Crippen MR) is 45.8 cm³/mol. The maximum absolute atomic E-state index is 10.7. The second-order valence-corrected chi connectivity index (χ2v) is 4.64. The molecule has 68 valence electrons. The van der Waals surface area contributed by atoms with Crippen molar-refractivity contribution < 1.29 is 9.90 Å². The third-order valence-corrected chi connectivity index (χ3v) is 3.76. The van der Waals surface area contributed by atoms with Crippen LogP contribution in [0.2, 0.25) is 0 Å². The van der Waals surface area contributed by atoms with Crippen LogP contribution >= 0.6 is 0 Å². The lowest BCUT2D eigenvalue weighted by molar-refractivity contribution is -0.139. The van der Waals surface area contributed by atoms with Gasteiger partial charge < -0.3 is 5.11 Å². The van der Waals surface area contributed by atoms with E-state index in [0.29, 0.717) is 0 Å². The first kappa shape index (κ1) is 8.09. The molecular weight excluding hydrogens is 152 g/mol. The predicted octanol–water partition coefficient (Wildman–Crippen LogP) is 2.29. The van der Waals surface area contributed by atoms with E-state index >= 15 is 0 Å². The normalized spacial score (nSPS) is 46.1. The SMILES string of the molecule is CC1CCC2(CC1)C[C@@H]2C(=O)O. The van der Waals surface area contributed by atoms with Crippen molar-refractivity contribution in [2.75, 3.05) is 0 Å². The zero-order chi connectivity index (χ0) is 8.77. The van der Waals surface area contributed by atoms with Crippen LogP contribution in [0.1, 0.15) is 39.0 Å². The van der Waals surface area contributed by atoms with Crippen LogP contribution in [0.5, 0.6) is 0 Å². The van der Waals surface area contributed by atoms with E-state index in [1.165, 1.54) is 12.8 Å². The van der Waals surface area contributed by atoms with Gasteiger partial charge in [0.2, 0.25) is 0 Å². The van der Waals surface area contributed by atoms with Crippen LogP contribution in [0.25, 0.3) is 0 Å². The van der Waals surface area contributed by atoms with Crippen molar-refractivity contribution in [3.63, 3.8) is 0 Å². The van der Waals surface area contributed by atoms with E-state index in [0.717, 1.165) is 25.2 Å². The van der Waals surface area contributed by atoms with Gasteiger partial charge in [-0.05, 0) is 30.6 Å². The topological polar surface area (TPSA) is 37.3 Å². The van der Waals surface area contributed by atoms with Crippen LogP contribution in [0.3, 0.4) is 0 Å². The molecule has 0 heterocycles. The van der Waals surface area contributed by atoms with Gasteiger partial charge in [0.05, 0.1) is 5.92 Å². The molecule has 0 aliphatic heterocycles. The molecule has 1 atom stereocenters. The summed E-state index contributed by atoms with van der Waals surface area (Å²) in [5.74, 6) is 0.264. The molecule has 2 rings (SSSR count). The van der Waals surface area contributed by atoms with Crippen molar-refractivity contribution >= 4 is 5.97 Å². The summed E-state index contributed by atoms with van der Waals surface area (Å²) in [5.41, 5.74) is 0.248. The highest BCUT2D eigenvalue weighted by Crippen LogP contribution is 2.62. The fourth-order valence-corrected chi connectivity index (χ4v) is 2.59. The molecule has 2 fully saturated rings. The number of rotatable bonds is 1. The number of carboxylic acid groups (broad SMARTS) is 1. The lowest BCUT2D eigenvalue weighted by atomic mass is 9.79. The summed E-state index contributed by atoms with van der Waals surface area (Å²) in [7, 11) is 0. The van der Waals surface area contributed by atoms with E-state index < -0.39 is 5.97 Å². The Morgan fingerprint density at radius 3 is 2.42 bits per heavy atom. The third kappa shape index (κ3) is 1.13. The second kappa shape index (κ2) is 2.48. The molecule has 0 radical (unpaired) electrons. The highest BCUT2D eigenvalue weighted by molar-refractivity contribution is 5.74. The molecule has 1 spiro atoms. The van der Waals surface area contributed by atoms with Crippen LogP contribution in [0, 0.1) is 17.3 Å². The summed E-state index contributed by atoms with van der Waals surface area (Å²) in [4.78, 5) is 10.7. The fraction of sp³-hybridized carbons (Fsp3) is 0.900. The maximum atomic E-state index is 10.7. The number of aliphatic carboxylic acids is 1. The van der Waals surface area contributed by atoms with E-state index in [9.17, 15) is 4.79 Å². The summed E-state index contributed by atoms with van der Waals surface area (Å²) in [6.45, 7) is 2.27. The molecular formula is C10H16O2. The van der Waals surface area contributed by atoms with Gasteiger partial charge in [-0.25, -0.2) is 0 Å². The van der Waals surface area contributed by atoms with E-state index in [1.807, 2.05) is 0 Å². The zero-order valence-corrected chi connectivity index (χ0v) is 7.55. The van der Waals surface area contributed by atoms with Gasteiger partial charge in [0.1, 0.15) is 0 Å². The molecule has 0 unspecified atom stereocenters. The Balaban J connectivity index is 1.95. The molecule has 0 aromatic carbocycles. The molecule has 0 aromatic rings. The number of hydrogen-bond acceptors (Lipinski definition) is 1. The van der Waals surface area contributed by atoms with Crippen LogP contribution in [0.15, 0.2) is 0 Å². The first-order valence-corrected chi connectivity index (χ1v) is 4.87. The van der Waals surface area contributed by atoms with Gasteiger partial charge in [0.15, 0.2) is 0 Å². The van der Waals surface area contributed by atoms with Gasteiger partial charge >= 0.3 is 5.97 Å². The Morgan fingerprint density at radius 1 is 1.42 bits per heavy atom. The minimum Gasteiger partial charge on any atom is -0.481 e. The monoisotopic (exact) mass is 168 g/mol. The minimum atomic E-state index is -0.565. The standard InChI is InChI=1S/C10H16O2/c1-7-2-4-10(5-3-7)6-8(10)9(11)12/h7-8H,2-6H2,1H3,(H,11,12)/t7?,8-,10?/m1/s1. The summed E-state index contributed by atoms with van der Waals surface area (Å²) in [6.07, 6.45) is 5.75. The van der Waals surface area contributed by atoms with Crippen LogP contribution in [-0.4, -0.2) is 11.1 Å². The molecule has 2 heteroatoms. The molecule has 0 amide bonds. The van der Waals surface area contributed by atoms with Crippen molar-refractivity contribution in [1.82, 2.24) is 0 Å². The largest absolute Gasteiger partial charge is 0.481 e. The van der Waals surface area contributed by atoms with E-state index in [2.05, 4.69) is 6.92 Å². The Kier molecular flexibility index (Phi) is 1.67. The summed E-state index contributed by atoms with van der Waals surface area (Å²) in [5, 5.41) is 8.84. The molecule has 2 saturated carbocycles. The van der Waals surface area contributed by atoms with Crippen LogP contribution in [0.4, 0.5) is 0 Å². The second-order valence-electron chi connectivity index (χ2n) is 4.64. The molecule has 0 saturated heterocycles. The summed E-state index contributed by atoms with van der Waals surface area (Å²) < 4.78 is 0. The van der Waals surface area contributed by atoms with Crippen molar-refractivity contribution in [1.29, 1.82) is 0 Å². The average molecular weight is 168 g/mol. The lowest BCUT2D eigenvalue weighted by Gasteiger charge is -2.26. The molecule has 0 aromatic heterocycles. The first-order valence-electron chi connectivity index (χ1n) is 4.87. The van der Waals surface area contributed by atoms with Crippen LogP contribution < -0.4 is 0 Å². The van der Waals surface area contributed by atoms with E-state index in [4.69, 9.17) is 5.11 Å². The number of carbonyl (C=O) groups is 1. The quantitative estimate of drug-likeness (QED) is 0.652. The van der Waals surface area contributed by atoms with Crippen molar-refractivity contribution in [2.45, 2.75) is 39.0 Å². The van der Waals surface area contributed by atoms with E-state index in [-0.39, 0.29) is 11.3 Å². The highest BCUT2D eigenvalue weighted by atomic mass is 16.4. The molecule has 0 bridgehead atoms. The van der Waals surface area contributed by atoms with Gasteiger partial charge in [0.25, 0.3) is 0 Å². The number of carboxylic acids is 1. The Bertz CT molecular complexity index is 202. The third-order valence-electron chi connectivity index (χ3n) is 3.76. The summed E-state index contributed by atoms with van der Waals surface area (Å²) in [6, 6.07) is 0. The molecule has 12 heavy (non-hydrogen) atoms. The molecule has 1 N–H and O–H groups in total. The minimum absolute atomic E-state index is 0.00463. The Morgan fingerprint density at radius 2 is 2.00 bits per heavy atom. The highest BCUT2D eigenvalue weighted by Gasteiger charge is 2.58. The smallest absolute Gasteiger partial charge is 0.307 e. The van der Waals surface area contributed by atoms with Gasteiger partial charge in [-0.2, -0.15) is 0 Å². The summed E-state index contributed by atoms with van der Waals surface area (Å²) >= 11 is 0. The van der Waals surface area contributed by atoms with Crippen LogP contribution in [-0.2, 0) is 4.79 Å². The lowest BCUT2D eigenvalue weighted by Crippen LogP contribution is -2.17. The van der Waals surface area contributed by atoms with Gasteiger partial charge in [-0.3, -0.25) is 4.79 Å². The van der Waals surface area contributed by atoms with Crippen molar-refractivity contribution in [3.8, 4) is 0 Å². The van der Waals surface area contributed by atoms with E-state index in [1.54, 1.807) is 0 Å². The van der Waals surface area contributed by atoms with Gasteiger partial charge in [-0.15, -0.1) is 0 Å². The average Bonchev–Trinajstić information content (AvgIpc) is 2.72. The fourth-order valence-electron chi connectivity index (χ4n) is 2.59. The number of hydrogen-bond donors (Lipinski definition) is 1. The van der Waals surface area contributed by atoms with Crippen molar-refractivity contribution in [3.05, 3.63) is 0 Å². The Labute approximate surface area is 73.0 Å². The zero-order valence-electron chi connectivity index (χ0n) is 7.55. The van der Waals surface area contributed by atoms with Crippen molar-refractivity contribution in [2.24, 2.45) is 17.3 Å².